The van der Waals surface area contributed by atoms with E-state index >= 15 is 4.79 Å². The summed E-state index contributed by atoms with van der Waals surface area (Å²) in [7, 11) is -8.29. The molecule has 56 heavy (non-hydrogen) atoms. The van der Waals surface area contributed by atoms with Crippen LogP contribution < -0.4 is 11.0 Å². The number of Topliss-reactive ketones (excluding diaryl/α,β-unsaturated/α-hetero) is 1. The predicted octanol–water partition coefficient (Wildman–Crippen LogP) is 9.25. The van der Waals surface area contributed by atoms with Crippen molar-refractivity contribution in [2.75, 3.05) is 11.9 Å². The summed E-state index contributed by atoms with van der Waals surface area (Å²) < 4.78 is 22.1. The van der Waals surface area contributed by atoms with Crippen molar-refractivity contribution in [3.8, 4) is 0 Å². The van der Waals surface area contributed by atoms with Gasteiger partial charge in [0, 0.05) is 11.8 Å². The number of nitrogens with one attached hydrogen (secondary N) is 1. The van der Waals surface area contributed by atoms with Crippen LogP contribution in [0.2, 0.25) is 44.3 Å². The quantitative estimate of drug-likeness (QED) is 0.0942. The Morgan fingerprint density at radius 2 is 1.20 bits per heavy atom. The molecule has 4 atom stereocenters. The van der Waals surface area contributed by atoms with Crippen molar-refractivity contribution < 1.29 is 33.3 Å². The van der Waals surface area contributed by atoms with Crippen molar-refractivity contribution in [2.24, 2.45) is 5.92 Å². The van der Waals surface area contributed by atoms with E-state index in [9.17, 15) is 9.59 Å². The fourth-order valence-electron chi connectivity index (χ4n) is 10.8. The van der Waals surface area contributed by atoms with Crippen molar-refractivity contribution in [2.45, 2.75) is 174 Å². The van der Waals surface area contributed by atoms with Crippen molar-refractivity contribution in [1.82, 2.24) is 9.55 Å². The molecule has 1 amide bonds. The van der Waals surface area contributed by atoms with Crippen LogP contribution >= 0.6 is 0 Å². The number of anilines is 1. The summed E-state index contributed by atoms with van der Waals surface area (Å²) in [6, 6.07) is 8.23. The van der Waals surface area contributed by atoms with Crippen LogP contribution in [0.25, 0.3) is 0 Å². The second kappa shape index (κ2) is 18.9. The standard InChI is InChI=1S/C41H71N3O8Si4/c1-24(2)53(25(3)4)55(28(9)10,29(11)12)51-48-23-34-38(50-52-56(30(13)14,31(15)16)54(26(5)6)27(7)8)36-37(45)32-19-17-18-20-33(32)39(46)42-35-21-22-44(40(36)49-34)41(47)43-35/h17-22,24-31,34,36,38,40,53-54H,23H2,1-16H3,(H,42,43,46,47)/t34-,36-,38-,40-/m1/s1. The number of carbonyl (C=O) groups excluding carboxylic acids is 2. The molecule has 15 heteroatoms. The van der Waals surface area contributed by atoms with E-state index in [2.05, 4.69) is 121 Å². The average molecular weight is 846 g/mol. The molecule has 0 saturated carbocycles. The number of hydrogen-bond donors (Lipinski definition) is 1. The number of fused-ring (bicyclic) bond motifs is 3. The number of rotatable bonds is 17. The molecule has 314 valence electrons. The summed E-state index contributed by atoms with van der Waals surface area (Å²) in [5.41, 5.74) is 2.70. The lowest BCUT2D eigenvalue weighted by Gasteiger charge is -2.47. The van der Waals surface area contributed by atoms with E-state index in [1.54, 1.807) is 30.3 Å². The van der Waals surface area contributed by atoms with Gasteiger partial charge in [-0.3, -0.25) is 23.3 Å². The molecule has 0 aliphatic carbocycles. The van der Waals surface area contributed by atoms with E-state index in [1.165, 1.54) is 10.8 Å². The molecule has 0 radical (unpaired) electrons. The Hall–Kier alpha value is -2.09. The van der Waals surface area contributed by atoms with Gasteiger partial charge in [-0.2, -0.15) is 4.98 Å². The molecule has 3 aliphatic rings. The summed E-state index contributed by atoms with van der Waals surface area (Å²) in [6.45, 7) is 36.5. The van der Waals surface area contributed by atoms with Crippen LogP contribution in [-0.2, 0) is 23.7 Å². The minimum Gasteiger partial charge on any atom is -0.348 e. The number of hydrogen-bond acceptors (Lipinski definition) is 9. The highest BCUT2D eigenvalue weighted by molar-refractivity contribution is 7.32. The number of benzene rings is 1. The fourth-order valence-corrected chi connectivity index (χ4v) is 48.1. The molecule has 4 heterocycles. The van der Waals surface area contributed by atoms with Crippen LogP contribution in [0.3, 0.4) is 0 Å². The van der Waals surface area contributed by atoms with E-state index in [4.69, 9.17) is 23.7 Å². The minimum atomic E-state index is -2.67. The van der Waals surface area contributed by atoms with E-state index in [0.29, 0.717) is 33.2 Å². The Morgan fingerprint density at radius 1 is 0.714 bits per heavy atom. The second-order valence-electron chi connectivity index (χ2n) is 18.8. The van der Waals surface area contributed by atoms with Gasteiger partial charge in [-0.15, -0.1) is 0 Å². The van der Waals surface area contributed by atoms with Crippen molar-refractivity contribution in [3.63, 3.8) is 0 Å². The zero-order valence-electron chi connectivity index (χ0n) is 36.9. The summed E-state index contributed by atoms with van der Waals surface area (Å²) in [5.74, 6) is -1.93. The van der Waals surface area contributed by atoms with Gasteiger partial charge in [0.25, 0.3) is 5.91 Å². The first-order chi connectivity index (χ1) is 26.1. The van der Waals surface area contributed by atoms with E-state index in [0.717, 1.165) is 0 Å². The number of aromatic nitrogens is 2. The molecule has 1 saturated heterocycles. The Labute approximate surface area is 340 Å². The van der Waals surface area contributed by atoms with Crippen LogP contribution in [0, 0.1) is 5.92 Å². The third kappa shape index (κ3) is 8.91. The average Bonchev–Trinajstić information content (AvgIpc) is 3.44. The first kappa shape index (κ1) is 46.6. The van der Waals surface area contributed by atoms with Crippen LogP contribution in [0.1, 0.15) is 138 Å². The smallest absolute Gasteiger partial charge is 0.348 e. The topological polar surface area (TPSA) is 127 Å². The third-order valence-electron chi connectivity index (χ3n) is 12.7. The highest BCUT2D eigenvalue weighted by Crippen LogP contribution is 2.47. The SMILES string of the molecule is CC(C)[SiH](C(C)C)[Si](OOC[C@H]1O[C@@H]2[C@H](C(=O)c3ccccc3C(=O)Nc3ccn2c(=O)n3)[C@@H]1OO[Si](C(C)C)(C(C)C)[SiH](C(C)C)C(C)C)(C(C)C)C(C)C. The maximum atomic E-state index is 15.1. The largest absolute Gasteiger partial charge is 0.351 e. The van der Waals surface area contributed by atoms with Gasteiger partial charge >= 0.3 is 5.69 Å². The van der Waals surface area contributed by atoms with E-state index in [1.807, 2.05) is 0 Å². The molecule has 11 nitrogen and oxygen atoms in total. The molecule has 1 fully saturated rings. The highest BCUT2D eigenvalue weighted by Gasteiger charge is 2.58. The Bertz CT molecular complexity index is 1680. The van der Waals surface area contributed by atoms with Crippen LogP contribution in [-0.4, -0.2) is 72.4 Å². The molecule has 1 N–H and O–H groups in total. The molecule has 1 aromatic carbocycles. The number of nitrogens with zero attached hydrogens (tertiary/aromatic N) is 2. The van der Waals surface area contributed by atoms with E-state index in [-0.39, 0.29) is 34.6 Å². The summed E-state index contributed by atoms with van der Waals surface area (Å²) in [4.78, 5) is 59.9. The van der Waals surface area contributed by atoms with Crippen molar-refractivity contribution in [1.29, 1.82) is 0 Å². The zero-order valence-corrected chi connectivity index (χ0v) is 41.2. The Morgan fingerprint density at radius 3 is 1.66 bits per heavy atom. The Balaban J connectivity index is 1.90. The normalized spacial score (nSPS) is 20.9. The Kier molecular flexibility index (Phi) is 15.7. The van der Waals surface area contributed by atoms with Crippen LogP contribution in [0.4, 0.5) is 5.82 Å². The molecule has 2 bridgehead atoms. The second-order valence-corrected chi connectivity index (χ2v) is 44.0. The van der Waals surface area contributed by atoms with Crippen LogP contribution in [0.5, 0.6) is 0 Å². The van der Waals surface area contributed by atoms with Gasteiger partial charge in [-0.05, 0) is 34.3 Å². The molecule has 3 aliphatic heterocycles. The first-order valence-electron chi connectivity index (χ1n) is 21.0. The van der Waals surface area contributed by atoms with Gasteiger partial charge in [0.15, 0.2) is 12.0 Å². The monoisotopic (exact) mass is 845 g/mol. The van der Waals surface area contributed by atoms with Gasteiger partial charge in [0.05, 0.1) is 28.1 Å². The first-order valence-corrected chi connectivity index (χ1v) is 31.4. The number of carbonyl (C=O) groups is 2. The van der Waals surface area contributed by atoms with Crippen molar-refractivity contribution in [3.05, 3.63) is 58.1 Å². The molecule has 1 aromatic heterocycles. The van der Waals surface area contributed by atoms with Gasteiger partial charge in [0.2, 0.25) is 15.7 Å². The fraction of sp³-hybridized carbons (Fsp3) is 0.707. The number of ether oxygens (including phenoxy) is 1. The lowest BCUT2D eigenvalue weighted by atomic mass is 9.88. The summed E-state index contributed by atoms with van der Waals surface area (Å²) in [5, 5.41) is 2.69. The predicted molar refractivity (Wildman–Crippen MR) is 234 cm³/mol. The van der Waals surface area contributed by atoms with Gasteiger partial charge in [-0.1, -0.05) is 151 Å². The summed E-state index contributed by atoms with van der Waals surface area (Å²) in [6.07, 6.45) is -1.47. The molecular weight excluding hydrogens is 775 g/mol. The summed E-state index contributed by atoms with van der Waals surface area (Å²) >= 11 is 0. The maximum Gasteiger partial charge on any atom is 0.351 e. The number of ketones is 1. The lowest BCUT2D eigenvalue weighted by molar-refractivity contribution is -0.291. The molecule has 0 unspecified atom stereocenters. The zero-order chi connectivity index (χ0) is 42.0. The number of amides is 1. The maximum absolute atomic E-state index is 15.1. The highest BCUT2D eigenvalue weighted by atomic mass is 29.2. The third-order valence-corrected chi connectivity index (χ3v) is 51.4. The minimum absolute atomic E-state index is 0.0463. The van der Waals surface area contributed by atoms with Crippen molar-refractivity contribution >= 4 is 49.8 Å². The van der Waals surface area contributed by atoms with Gasteiger partial charge < -0.3 is 10.1 Å². The lowest BCUT2D eigenvalue weighted by Crippen LogP contribution is -2.62. The van der Waals surface area contributed by atoms with E-state index < -0.39 is 74.0 Å². The van der Waals surface area contributed by atoms with Gasteiger partial charge in [0.1, 0.15) is 24.6 Å². The molecular formula is C41H71N3O8Si4. The van der Waals surface area contributed by atoms with Crippen LogP contribution in [0.15, 0.2) is 41.3 Å². The molecule has 2 aromatic rings. The van der Waals surface area contributed by atoms with Gasteiger partial charge in [-0.25, -0.2) is 14.6 Å². The molecule has 5 rings (SSSR count). The molecule has 0 spiro atoms.